The molecule has 0 aliphatic carbocycles. The summed E-state index contributed by atoms with van der Waals surface area (Å²) in [6.07, 6.45) is 1.71. The van der Waals surface area contributed by atoms with Gasteiger partial charge in [-0.1, -0.05) is 24.3 Å². The van der Waals surface area contributed by atoms with Crippen LogP contribution in [0, 0.1) is 13.8 Å². The molecule has 3 nitrogen and oxygen atoms in total. The lowest BCUT2D eigenvalue weighted by molar-refractivity contribution is 0.605. The van der Waals surface area contributed by atoms with E-state index in [2.05, 4.69) is 5.32 Å². The van der Waals surface area contributed by atoms with E-state index in [9.17, 15) is 8.42 Å². The zero-order valence-corrected chi connectivity index (χ0v) is 10.2. The second-order valence-corrected chi connectivity index (χ2v) is 6.11. The van der Waals surface area contributed by atoms with Crippen molar-refractivity contribution in [1.82, 2.24) is 0 Å². The number of hydrogen-bond donors (Lipinski definition) is 1. The van der Waals surface area contributed by atoms with E-state index in [-0.39, 0.29) is 11.8 Å². The number of anilines is 1. The summed E-state index contributed by atoms with van der Waals surface area (Å²) in [5.74, 6) is 0.154. The molecule has 2 rings (SSSR count). The first-order valence-electron chi connectivity index (χ1n) is 5.22. The Morgan fingerprint density at radius 3 is 2.38 bits per heavy atom. The molecule has 1 aromatic carbocycles. The quantitative estimate of drug-likeness (QED) is 0.856. The van der Waals surface area contributed by atoms with Crippen molar-refractivity contribution in [2.75, 3.05) is 11.1 Å². The molecule has 0 aromatic heterocycles. The van der Waals surface area contributed by atoms with Gasteiger partial charge < -0.3 is 5.32 Å². The number of rotatable bonds is 2. The van der Waals surface area contributed by atoms with Gasteiger partial charge in [0.05, 0.1) is 11.8 Å². The van der Waals surface area contributed by atoms with Crippen molar-refractivity contribution in [1.29, 1.82) is 0 Å². The SMILES string of the molecule is Cc1cccc(C)c1NC1C=CS(=O)(=O)C1. The third kappa shape index (κ3) is 2.27. The summed E-state index contributed by atoms with van der Waals surface area (Å²) in [6, 6.07) is 5.92. The molecule has 0 saturated heterocycles. The van der Waals surface area contributed by atoms with Crippen LogP contribution >= 0.6 is 0 Å². The van der Waals surface area contributed by atoms with Crippen molar-refractivity contribution >= 4 is 15.5 Å². The Bertz CT molecular complexity index is 512. The molecule has 1 heterocycles. The lowest BCUT2D eigenvalue weighted by atomic mass is 10.1. The highest BCUT2D eigenvalue weighted by atomic mass is 32.2. The standard InChI is InChI=1S/C12H15NO2S/c1-9-4-3-5-10(2)12(9)13-11-6-7-16(14,15)8-11/h3-7,11,13H,8H2,1-2H3. The molecule has 16 heavy (non-hydrogen) atoms. The summed E-state index contributed by atoms with van der Waals surface area (Å²) in [6.45, 7) is 4.03. The van der Waals surface area contributed by atoms with Crippen molar-refractivity contribution in [3.05, 3.63) is 40.8 Å². The first kappa shape index (κ1) is 11.2. The van der Waals surface area contributed by atoms with Crippen LogP contribution in [0.5, 0.6) is 0 Å². The van der Waals surface area contributed by atoms with Gasteiger partial charge in [0, 0.05) is 11.1 Å². The molecule has 0 amide bonds. The fraction of sp³-hybridized carbons (Fsp3) is 0.333. The average molecular weight is 237 g/mol. The molecule has 0 bridgehead atoms. The Morgan fingerprint density at radius 1 is 1.25 bits per heavy atom. The van der Waals surface area contributed by atoms with Crippen LogP contribution in [0.1, 0.15) is 11.1 Å². The van der Waals surface area contributed by atoms with Crippen LogP contribution < -0.4 is 5.32 Å². The number of nitrogens with one attached hydrogen (secondary N) is 1. The second-order valence-electron chi connectivity index (χ2n) is 4.18. The van der Waals surface area contributed by atoms with E-state index >= 15 is 0 Å². The Morgan fingerprint density at radius 2 is 1.88 bits per heavy atom. The maximum atomic E-state index is 11.3. The Kier molecular flexibility index (Phi) is 2.76. The average Bonchev–Trinajstić information content (AvgIpc) is 2.52. The number of aryl methyl sites for hydroxylation is 2. The minimum atomic E-state index is -2.98. The topological polar surface area (TPSA) is 46.2 Å². The summed E-state index contributed by atoms with van der Waals surface area (Å²) in [5, 5.41) is 4.56. The van der Waals surface area contributed by atoms with Crippen LogP contribution in [0.3, 0.4) is 0 Å². The van der Waals surface area contributed by atoms with Crippen LogP contribution in [-0.4, -0.2) is 20.2 Å². The minimum Gasteiger partial charge on any atom is -0.377 e. The maximum absolute atomic E-state index is 11.3. The number of benzene rings is 1. The van der Waals surface area contributed by atoms with Crippen LogP contribution in [-0.2, 0) is 9.84 Å². The highest BCUT2D eigenvalue weighted by molar-refractivity contribution is 7.94. The summed E-state index contributed by atoms with van der Waals surface area (Å²) < 4.78 is 22.5. The van der Waals surface area contributed by atoms with E-state index in [1.165, 1.54) is 5.41 Å². The van der Waals surface area contributed by atoms with Crippen LogP contribution in [0.15, 0.2) is 29.7 Å². The first-order valence-corrected chi connectivity index (χ1v) is 6.93. The molecule has 0 spiro atoms. The van der Waals surface area contributed by atoms with Crippen LogP contribution in [0.25, 0.3) is 0 Å². The number of sulfone groups is 1. The maximum Gasteiger partial charge on any atom is 0.173 e. The van der Waals surface area contributed by atoms with Crippen molar-refractivity contribution in [3.63, 3.8) is 0 Å². The summed E-state index contributed by atoms with van der Waals surface area (Å²) in [7, 11) is -2.98. The molecule has 0 radical (unpaired) electrons. The molecule has 86 valence electrons. The Hall–Kier alpha value is -1.29. The van der Waals surface area contributed by atoms with Gasteiger partial charge in [0.25, 0.3) is 0 Å². The van der Waals surface area contributed by atoms with Gasteiger partial charge in [-0.05, 0) is 25.0 Å². The lowest BCUT2D eigenvalue weighted by Gasteiger charge is -2.16. The third-order valence-electron chi connectivity index (χ3n) is 2.74. The first-order chi connectivity index (χ1) is 7.48. The van der Waals surface area contributed by atoms with E-state index in [4.69, 9.17) is 0 Å². The molecule has 1 atom stereocenters. The van der Waals surface area contributed by atoms with E-state index in [1.807, 2.05) is 32.0 Å². The Balaban J connectivity index is 2.20. The molecule has 1 aromatic rings. The molecule has 0 fully saturated rings. The van der Waals surface area contributed by atoms with Crippen molar-refractivity contribution in [3.8, 4) is 0 Å². The molecular weight excluding hydrogens is 222 g/mol. The van der Waals surface area contributed by atoms with Gasteiger partial charge in [-0.3, -0.25) is 0 Å². The lowest BCUT2D eigenvalue weighted by Crippen LogP contribution is -2.21. The smallest absolute Gasteiger partial charge is 0.173 e. The zero-order chi connectivity index (χ0) is 11.8. The third-order valence-corrected chi connectivity index (χ3v) is 4.14. The van der Waals surface area contributed by atoms with Gasteiger partial charge in [-0.2, -0.15) is 0 Å². The highest BCUT2D eigenvalue weighted by Gasteiger charge is 2.22. The largest absolute Gasteiger partial charge is 0.377 e. The van der Waals surface area contributed by atoms with E-state index in [0.717, 1.165) is 16.8 Å². The fourth-order valence-corrected chi connectivity index (χ4v) is 3.13. The van der Waals surface area contributed by atoms with Crippen molar-refractivity contribution in [2.24, 2.45) is 0 Å². The normalized spacial score (nSPS) is 22.2. The predicted octanol–water partition coefficient (Wildman–Crippen LogP) is 2.03. The van der Waals surface area contributed by atoms with Crippen LogP contribution in [0.2, 0.25) is 0 Å². The number of hydrogen-bond acceptors (Lipinski definition) is 3. The second kappa shape index (κ2) is 3.94. The highest BCUT2D eigenvalue weighted by Crippen LogP contribution is 2.22. The Labute approximate surface area is 96.1 Å². The molecule has 1 N–H and O–H groups in total. The van der Waals surface area contributed by atoms with Crippen molar-refractivity contribution in [2.45, 2.75) is 19.9 Å². The predicted molar refractivity (Wildman–Crippen MR) is 66.3 cm³/mol. The van der Waals surface area contributed by atoms with Gasteiger partial charge in [0.2, 0.25) is 0 Å². The van der Waals surface area contributed by atoms with E-state index in [0.29, 0.717) is 0 Å². The molecule has 1 aliphatic rings. The molecule has 1 aliphatic heterocycles. The van der Waals surface area contributed by atoms with Crippen LogP contribution in [0.4, 0.5) is 5.69 Å². The zero-order valence-electron chi connectivity index (χ0n) is 9.40. The van der Waals surface area contributed by atoms with E-state index < -0.39 is 9.84 Å². The molecular formula is C12H15NO2S. The number of para-hydroxylation sites is 1. The fourth-order valence-electron chi connectivity index (χ4n) is 1.89. The van der Waals surface area contributed by atoms with Crippen molar-refractivity contribution < 1.29 is 8.42 Å². The summed E-state index contributed by atoms with van der Waals surface area (Å²) in [4.78, 5) is 0. The molecule has 4 heteroatoms. The van der Waals surface area contributed by atoms with Gasteiger partial charge in [-0.15, -0.1) is 0 Å². The van der Waals surface area contributed by atoms with Gasteiger partial charge >= 0.3 is 0 Å². The minimum absolute atomic E-state index is 0.107. The van der Waals surface area contributed by atoms with Gasteiger partial charge in [0.1, 0.15) is 0 Å². The van der Waals surface area contributed by atoms with Gasteiger partial charge in [-0.25, -0.2) is 8.42 Å². The summed E-state index contributed by atoms with van der Waals surface area (Å²) in [5.41, 5.74) is 3.31. The molecule has 1 unspecified atom stereocenters. The van der Waals surface area contributed by atoms with E-state index in [1.54, 1.807) is 6.08 Å². The molecule has 0 saturated carbocycles. The summed E-state index contributed by atoms with van der Waals surface area (Å²) >= 11 is 0. The van der Waals surface area contributed by atoms with Gasteiger partial charge in [0.15, 0.2) is 9.84 Å². The monoisotopic (exact) mass is 237 g/mol.